The number of hydrogen-bond donors (Lipinski definition) is 2. The number of fused-ring (bicyclic) bond motifs is 3. The minimum absolute atomic E-state index is 0.0323. The third-order valence-corrected chi connectivity index (χ3v) is 8.87. The molecule has 10 heteroatoms. The van der Waals surface area contributed by atoms with Crippen LogP contribution in [0.1, 0.15) is 44.4 Å². The Kier molecular flexibility index (Phi) is 10.0. The first-order valence-electron chi connectivity index (χ1n) is 15.8. The van der Waals surface area contributed by atoms with E-state index in [2.05, 4.69) is 27.7 Å². The van der Waals surface area contributed by atoms with Crippen LogP contribution in [0.3, 0.4) is 0 Å². The number of methoxy groups -OCH3 is 3. The second-order valence-electron chi connectivity index (χ2n) is 12.1. The van der Waals surface area contributed by atoms with Crippen LogP contribution < -0.4 is 35.2 Å². The van der Waals surface area contributed by atoms with Gasteiger partial charge < -0.3 is 34.6 Å². The van der Waals surface area contributed by atoms with E-state index in [0.29, 0.717) is 54.4 Å². The molecule has 3 aromatic rings. The molecule has 2 unspecified atom stereocenters. The standard InChI is InChI=1S/C36H44N4O6/c1-22(2)33(36(43)40-18-16-39(17-19-40)25-10-8-7-9-11-25)38-29-15-13-26-27(21-30(29)42)28(37-23(3)41)14-12-24-20-31(44-4)34(45-5)35(46-6)32(24)26/h7-11,13,15,20-22,28,33H,12,14,16-19H2,1-6H3,(H,37,41)(H,38,42). The van der Waals surface area contributed by atoms with E-state index in [-0.39, 0.29) is 23.2 Å². The number of amides is 2. The van der Waals surface area contributed by atoms with Crippen molar-refractivity contribution in [1.82, 2.24) is 10.2 Å². The summed E-state index contributed by atoms with van der Waals surface area (Å²) in [4.78, 5) is 44.2. The lowest BCUT2D eigenvalue weighted by atomic mass is 9.95. The maximum atomic E-state index is 13.9. The predicted molar refractivity (Wildman–Crippen MR) is 180 cm³/mol. The smallest absolute Gasteiger partial charge is 0.245 e. The van der Waals surface area contributed by atoms with Crippen LogP contribution in [0, 0.1) is 5.92 Å². The largest absolute Gasteiger partial charge is 0.493 e. The third-order valence-electron chi connectivity index (χ3n) is 8.87. The summed E-state index contributed by atoms with van der Waals surface area (Å²) in [6.07, 6.45) is 1.17. The van der Waals surface area contributed by atoms with E-state index >= 15 is 0 Å². The van der Waals surface area contributed by atoms with E-state index in [1.807, 2.05) is 49.1 Å². The number of ether oxygens (including phenoxy) is 3. The Morgan fingerprint density at radius 1 is 0.891 bits per heavy atom. The minimum atomic E-state index is -0.601. The SMILES string of the molecule is COc1cc2c(c(OC)c1OC)-c1ccc(NC(C(=O)N3CCN(c4ccccc4)CC3)C(C)C)c(=O)cc1C(NC(C)=O)CC2. The molecule has 1 aliphatic heterocycles. The molecule has 5 rings (SSSR count). The maximum absolute atomic E-state index is 13.9. The molecule has 0 radical (unpaired) electrons. The van der Waals surface area contributed by atoms with Crippen molar-refractivity contribution in [3.8, 4) is 28.4 Å². The molecule has 1 heterocycles. The van der Waals surface area contributed by atoms with Gasteiger partial charge in [-0.25, -0.2) is 0 Å². The van der Waals surface area contributed by atoms with Crippen LogP contribution in [0.2, 0.25) is 0 Å². The third kappa shape index (κ3) is 6.61. The van der Waals surface area contributed by atoms with Gasteiger partial charge in [0.05, 0.1) is 33.1 Å². The highest BCUT2D eigenvalue weighted by atomic mass is 16.5. The zero-order valence-electron chi connectivity index (χ0n) is 27.5. The van der Waals surface area contributed by atoms with E-state index < -0.39 is 12.1 Å². The highest BCUT2D eigenvalue weighted by Crippen LogP contribution is 2.50. The van der Waals surface area contributed by atoms with Gasteiger partial charge >= 0.3 is 0 Å². The molecular weight excluding hydrogens is 584 g/mol. The van der Waals surface area contributed by atoms with E-state index in [4.69, 9.17) is 14.2 Å². The highest BCUT2D eigenvalue weighted by molar-refractivity contribution is 5.86. The summed E-state index contributed by atoms with van der Waals surface area (Å²) < 4.78 is 17.2. The molecule has 0 aromatic heterocycles. The normalized spacial score (nSPS) is 16.5. The van der Waals surface area contributed by atoms with Crippen LogP contribution in [0.4, 0.5) is 11.4 Å². The molecule has 3 aromatic carbocycles. The summed E-state index contributed by atoms with van der Waals surface area (Å²) >= 11 is 0. The zero-order valence-corrected chi connectivity index (χ0v) is 27.5. The van der Waals surface area contributed by atoms with Crippen LogP contribution in [0.5, 0.6) is 17.2 Å². The first kappa shape index (κ1) is 32.7. The van der Waals surface area contributed by atoms with Gasteiger partial charge in [-0.3, -0.25) is 14.4 Å². The fourth-order valence-corrected chi connectivity index (χ4v) is 6.53. The van der Waals surface area contributed by atoms with Crippen LogP contribution >= 0.6 is 0 Å². The second kappa shape index (κ2) is 14.1. The molecular formula is C36H44N4O6. The first-order chi connectivity index (χ1) is 22.2. The van der Waals surface area contributed by atoms with Crippen LogP contribution in [-0.4, -0.2) is 70.3 Å². The molecule has 0 bridgehead atoms. The minimum Gasteiger partial charge on any atom is -0.493 e. The molecule has 0 saturated carbocycles. The number of nitrogens with zero attached hydrogens (tertiary/aromatic N) is 2. The molecule has 46 heavy (non-hydrogen) atoms. The number of rotatable bonds is 9. The summed E-state index contributed by atoms with van der Waals surface area (Å²) in [5, 5.41) is 6.35. The number of hydrogen-bond acceptors (Lipinski definition) is 8. The topological polar surface area (TPSA) is 109 Å². The summed E-state index contributed by atoms with van der Waals surface area (Å²) in [5.41, 5.74) is 4.31. The summed E-state index contributed by atoms with van der Waals surface area (Å²) in [7, 11) is 4.70. The van der Waals surface area contributed by atoms with Crippen LogP contribution in [0.15, 0.2) is 59.4 Å². The van der Waals surface area contributed by atoms with Gasteiger partial charge in [-0.2, -0.15) is 0 Å². The average molecular weight is 629 g/mol. The molecule has 1 fully saturated rings. The Hall–Kier alpha value is -4.73. The lowest BCUT2D eigenvalue weighted by molar-refractivity contribution is -0.133. The van der Waals surface area contributed by atoms with Gasteiger partial charge in [-0.05, 0) is 65.8 Å². The average Bonchev–Trinajstić information content (AvgIpc) is 3.30. The van der Waals surface area contributed by atoms with Crippen LogP contribution in [-0.2, 0) is 16.0 Å². The van der Waals surface area contributed by atoms with Crippen molar-refractivity contribution in [3.63, 3.8) is 0 Å². The van der Waals surface area contributed by atoms with E-state index in [0.717, 1.165) is 35.5 Å². The number of benzene rings is 2. The van der Waals surface area contributed by atoms with Gasteiger partial charge in [0.1, 0.15) is 6.04 Å². The van der Waals surface area contributed by atoms with Gasteiger partial charge in [-0.15, -0.1) is 0 Å². The Balaban J connectivity index is 1.51. The second-order valence-corrected chi connectivity index (χ2v) is 12.1. The Morgan fingerprint density at radius 2 is 1.59 bits per heavy atom. The Morgan fingerprint density at radius 3 is 2.20 bits per heavy atom. The molecule has 2 aliphatic rings. The molecule has 1 saturated heterocycles. The van der Waals surface area contributed by atoms with E-state index in [9.17, 15) is 14.4 Å². The molecule has 2 atom stereocenters. The van der Waals surface area contributed by atoms with Gasteiger partial charge in [0, 0.05) is 44.4 Å². The van der Waals surface area contributed by atoms with Crippen molar-refractivity contribution in [2.45, 2.75) is 45.7 Å². The molecule has 244 valence electrons. The monoisotopic (exact) mass is 628 g/mol. The Bertz CT molecular complexity index is 1640. The van der Waals surface area contributed by atoms with Crippen molar-refractivity contribution in [3.05, 3.63) is 75.9 Å². The Labute approximate surface area is 270 Å². The van der Waals surface area contributed by atoms with Crippen molar-refractivity contribution in [1.29, 1.82) is 0 Å². The molecule has 2 N–H and O–H groups in total. The molecule has 0 spiro atoms. The molecule has 10 nitrogen and oxygen atoms in total. The lowest BCUT2D eigenvalue weighted by Gasteiger charge is -2.38. The zero-order chi connectivity index (χ0) is 33.0. The van der Waals surface area contributed by atoms with Crippen LogP contribution in [0.25, 0.3) is 11.1 Å². The van der Waals surface area contributed by atoms with Crippen molar-refractivity contribution in [2.24, 2.45) is 5.92 Å². The summed E-state index contributed by atoms with van der Waals surface area (Å²) in [6.45, 7) is 8.09. The van der Waals surface area contributed by atoms with E-state index in [1.54, 1.807) is 33.5 Å². The predicted octanol–water partition coefficient (Wildman–Crippen LogP) is 4.65. The number of anilines is 2. The van der Waals surface area contributed by atoms with Gasteiger partial charge in [0.2, 0.25) is 23.0 Å². The van der Waals surface area contributed by atoms with Gasteiger partial charge in [0.25, 0.3) is 0 Å². The van der Waals surface area contributed by atoms with Crippen molar-refractivity contribution in [2.75, 3.05) is 57.7 Å². The summed E-state index contributed by atoms with van der Waals surface area (Å²) in [5.74, 6) is 1.16. The molecule has 1 aliphatic carbocycles. The summed E-state index contributed by atoms with van der Waals surface area (Å²) in [6, 6.07) is 16.3. The van der Waals surface area contributed by atoms with Crippen molar-refractivity contribution < 1.29 is 23.8 Å². The number of para-hydroxylation sites is 1. The fraction of sp³-hybridized carbons (Fsp3) is 0.417. The van der Waals surface area contributed by atoms with Gasteiger partial charge in [-0.1, -0.05) is 38.1 Å². The number of aryl methyl sites for hydroxylation is 1. The number of carbonyl (C=O) groups excluding carboxylic acids is 2. The number of nitrogens with one attached hydrogen (secondary N) is 2. The molecule has 2 amide bonds. The fourth-order valence-electron chi connectivity index (χ4n) is 6.53. The first-order valence-corrected chi connectivity index (χ1v) is 15.8. The van der Waals surface area contributed by atoms with Gasteiger partial charge in [0.15, 0.2) is 11.5 Å². The quantitative estimate of drug-likeness (QED) is 0.353. The van der Waals surface area contributed by atoms with E-state index in [1.165, 1.54) is 6.92 Å². The van der Waals surface area contributed by atoms with Crippen molar-refractivity contribution >= 4 is 23.2 Å². The number of carbonyl (C=O) groups is 2. The number of piperazine rings is 1. The maximum Gasteiger partial charge on any atom is 0.245 e. The highest BCUT2D eigenvalue weighted by Gasteiger charge is 2.32. The lowest BCUT2D eigenvalue weighted by Crippen LogP contribution is -2.54.